The van der Waals surface area contributed by atoms with Crippen LogP contribution in [0.5, 0.6) is 0 Å². The molecule has 2 saturated heterocycles. The Morgan fingerprint density at radius 2 is 1.62 bits per heavy atom. The van der Waals surface area contributed by atoms with Crippen LogP contribution in [0.1, 0.15) is 58.8 Å². The molecule has 24 heavy (non-hydrogen) atoms. The zero-order chi connectivity index (χ0) is 17.4. The largest absolute Gasteiger partial charge is 0.356 e. The van der Waals surface area contributed by atoms with Crippen LogP contribution in [0.4, 0.5) is 0 Å². The van der Waals surface area contributed by atoms with Crippen molar-refractivity contribution in [3.8, 4) is 0 Å². The van der Waals surface area contributed by atoms with Crippen molar-refractivity contribution in [3.05, 3.63) is 0 Å². The van der Waals surface area contributed by atoms with E-state index >= 15 is 0 Å². The van der Waals surface area contributed by atoms with Crippen molar-refractivity contribution in [2.75, 3.05) is 39.3 Å². The van der Waals surface area contributed by atoms with E-state index in [1.807, 2.05) is 18.7 Å². The summed E-state index contributed by atoms with van der Waals surface area (Å²) >= 11 is 0. The van der Waals surface area contributed by atoms with Gasteiger partial charge in [0.25, 0.3) is 0 Å². The highest BCUT2D eigenvalue weighted by Gasteiger charge is 2.27. The number of rotatable bonds is 6. The van der Waals surface area contributed by atoms with Crippen molar-refractivity contribution in [2.45, 2.75) is 58.8 Å². The normalized spacial score (nSPS) is 20.9. The predicted octanol–water partition coefficient (Wildman–Crippen LogP) is 2.26. The monoisotopic (exact) mass is 337 g/mol. The highest BCUT2D eigenvalue weighted by molar-refractivity contribution is 5.80. The molecule has 0 atom stereocenters. The van der Waals surface area contributed by atoms with E-state index in [1.165, 1.54) is 38.8 Å². The van der Waals surface area contributed by atoms with E-state index in [-0.39, 0.29) is 23.7 Å². The number of nitrogens with zero attached hydrogens (tertiary/aromatic N) is 2. The number of piperidine rings is 1. The van der Waals surface area contributed by atoms with Crippen LogP contribution in [0, 0.1) is 11.8 Å². The third kappa shape index (κ3) is 6.08. The lowest BCUT2D eigenvalue weighted by Gasteiger charge is -2.32. The zero-order valence-electron chi connectivity index (χ0n) is 15.6. The molecule has 0 radical (unpaired) electrons. The summed E-state index contributed by atoms with van der Waals surface area (Å²) in [7, 11) is 0. The van der Waals surface area contributed by atoms with Gasteiger partial charge in [-0.1, -0.05) is 26.7 Å². The van der Waals surface area contributed by atoms with E-state index in [2.05, 4.69) is 10.2 Å². The first kappa shape index (κ1) is 19.2. The van der Waals surface area contributed by atoms with Crippen LogP contribution in [-0.4, -0.2) is 60.9 Å². The molecular formula is C19H35N3O2. The molecule has 138 valence electrons. The summed E-state index contributed by atoms with van der Waals surface area (Å²) in [6.07, 6.45) is 8.01. The van der Waals surface area contributed by atoms with Gasteiger partial charge in [-0.3, -0.25) is 9.59 Å². The molecule has 0 saturated carbocycles. The van der Waals surface area contributed by atoms with Crippen molar-refractivity contribution < 1.29 is 9.59 Å². The quantitative estimate of drug-likeness (QED) is 0.757. The van der Waals surface area contributed by atoms with Gasteiger partial charge >= 0.3 is 0 Å². The van der Waals surface area contributed by atoms with Gasteiger partial charge in [0.1, 0.15) is 0 Å². The van der Waals surface area contributed by atoms with Gasteiger partial charge in [0.15, 0.2) is 0 Å². The highest BCUT2D eigenvalue weighted by atomic mass is 16.2. The maximum absolute atomic E-state index is 12.3. The average Bonchev–Trinajstić information content (AvgIpc) is 2.86. The van der Waals surface area contributed by atoms with Crippen molar-refractivity contribution in [3.63, 3.8) is 0 Å². The van der Waals surface area contributed by atoms with Crippen LogP contribution >= 0.6 is 0 Å². The third-order valence-corrected chi connectivity index (χ3v) is 5.32. The first-order chi connectivity index (χ1) is 11.6. The molecule has 2 rings (SSSR count). The number of likely N-dealkylation sites (tertiary alicyclic amines) is 2. The Balaban J connectivity index is 1.59. The fourth-order valence-electron chi connectivity index (χ4n) is 3.75. The Kier molecular flexibility index (Phi) is 8.03. The summed E-state index contributed by atoms with van der Waals surface area (Å²) < 4.78 is 0. The molecule has 0 aromatic rings. The number of nitrogens with one attached hydrogen (secondary N) is 1. The summed E-state index contributed by atoms with van der Waals surface area (Å²) in [5.74, 6) is 0.530. The summed E-state index contributed by atoms with van der Waals surface area (Å²) in [5.41, 5.74) is 0. The highest BCUT2D eigenvalue weighted by Crippen LogP contribution is 2.19. The lowest BCUT2D eigenvalue weighted by atomic mass is 9.95. The fourth-order valence-corrected chi connectivity index (χ4v) is 3.75. The molecule has 2 aliphatic rings. The second kappa shape index (κ2) is 10.0. The molecule has 0 spiro atoms. The molecule has 2 heterocycles. The summed E-state index contributed by atoms with van der Waals surface area (Å²) in [6.45, 7) is 9.64. The van der Waals surface area contributed by atoms with Crippen LogP contribution in [0.25, 0.3) is 0 Å². The van der Waals surface area contributed by atoms with Crippen molar-refractivity contribution in [2.24, 2.45) is 11.8 Å². The van der Waals surface area contributed by atoms with Gasteiger partial charge in [0.2, 0.25) is 11.8 Å². The number of hydrogen-bond acceptors (Lipinski definition) is 3. The van der Waals surface area contributed by atoms with Crippen LogP contribution in [0.3, 0.4) is 0 Å². The number of hydrogen-bond donors (Lipinski definition) is 1. The maximum atomic E-state index is 12.3. The second-order valence-corrected chi connectivity index (χ2v) is 7.65. The molecule has 5 nitrogen and oxygen atoms in total. The average molecular weight is 338 g/mol. The molecule has 0 aromatic carbocycles. The molecule has 5 heteroatoms. The molecule has 2 fully saturated rings. The number of amides is 2. The summed E-state index contributed by atoms with van der Waals surface area (Å²) in [6, 6.07) is 0. The van der Waals surface area contributed by atoms with Crippen LogP contribution < -0.4 is 5.32 Å². The third-order valence-electron chi connectivity index (χ3n) is 5.32. The van der Waals surface area contributed by atoms with Gasteiger partial charge in [0, 0.05) is 31.5 Å². The van der Waals surface area contributed by atoms with Gasteiger partial charge in [-0.25, -0.2) is 0 Å². The first-order valence-electron chi connectivity index (χ1n) is 9.87. The Labute approximate surface area is 147 Å². The molecular weight excluding hydrogens is 302 g/mol. The molecule has 0 bridgehead atoms. The minimum Gasteiger partial charge on any atom is -0.356 e. The number of carbonyl (C=O) groups is 2. The van der Waals surface area contributed by atoms with Gasteiger partial charge < -0.3 is 15.1 Å². The molecule has 2 aliphatic heterocycles. The van der Waals surface area contributed by atoms with Crippen LogP contribution in [0.2, 0.25) is 0 Å². The van der Waals surface area contributed by atoms with E-state index in [0.717, 1.165) is 45.4 Å². The topological polar surface area (TPSA) is 52.7 Å². The molecule has 0 aliphatic carbocycles. The van der Waals surface area contributed by atoms with Gasteiger partial charge in [-0.05, 0) is 51.7 Å². The van der Waals surface area contributed by atoms with Crippen molar-refractivity contribution >= 4 is 11.8 Å². The van der Waals surface area contributed by atoms with E-state index in [1.54, 1.807) is 0 Å². The number of carbonyl (C=O) groups excluding carboxylic acids is 2. The maximum Gasteiger partial charge on any atom is 0.225 e. The van der Waals surface area contributed by atoms with E-state index in [4.69, 9.17) is 0 Å². The Hall–Kier alpha value is -1.10. The molecule has 0 aromatic heterocycles. The van der Waals surface area contributed by atoms with Gasteiger partial charge in [-0.15, -0.1) is 0 Å². The molecule has 2 amide bonds. The van der Waals surface area contributed by atoms with E-state index in [0.29, 0.717) is 0 Å². The lowest BCUT2D eigenvalue weighted by molar-refractivity contribution is -0.138. The Bertz CT molecular complexity index is 395. The predicted molar refractivity (Wildman–Crippen MR) is 96.7 cm³/mol. The second-order valence-electron chi connectivity index (χ2n) is 7.65. The standard InChI is InChI=1S/C19H35N3O2/c1-16(2)19(24)22-14-8-17(9-15-22)18(23)20-10-7-13-21-11-5-3-4-6-12-21/h16-17H,3-15H2,1-2H3,(H,20,23). The Morgan fingerprint density at radius 1 is 1.00 bits per heavy atom. The molecule has 0 unspecified atom stereocenters. The SMILES string of the molecule is CC(C)C(=O)N1CCC(C(=O)NCCCN2CCCCCC2)CC1. The summed E-state index contributed by atoms with van der Waals surface area (Å²) in [4.78, 5) is 28.7. The summed E-state index contributed by atoms with van der Waals surface area (Å²) in [5, 5.41) is 3.11. The van der Waals surface area contributed by atoms with Gasteiger partial charge in [-0.2, -0.15) is 0 Å². The van der Waals surface area contributed by atoms with Crippen molar-refractivity contribution in [1.82, 2.24) is 15.1 Å². The minimum absolute atomic E-state index is 0.0503. The fraction of sp³-hybridized carbons (Fsp3) is 0.895. The van der Waals surface area contributed by atoms with Crippen LogP contribution in [-0.2, 0) is 9.59 Å². The zero-order valence-corrected chi connectivity index (χ0v) is 15.6. The van der Waals surface area contributed by atoms with E-state index < -0.39 is 0 Å². The lowest BCUT2D eigenvalue weighted by Crippen LogP contribution is -2.44. The first-order valence-corrected chi connectivity index (χ1v) is 9.87. The van der Waals surface area contributed by atoms with Crippen LogP contribution in [0.15, 0.2) is 0 Å². The smallest absolute Gasteiger partial charge is 0.225 e. The molecule has 1 N–H and O–H groups in total. The van der Waals surface area contributed by atoms with Crippen molar-refractivity contribution in [1.29, 1.82) is 0 Å². The van der Waals surface area contributed by atoms with E-state index in [9.17, 15) is 9.59 Å². The minimum atomic E-state index is 0.0503. The van der Waals surface area contributed by atoms with Gasteiger partial charge in [0.05, 0.1) is 0 Å². The Morgan fingerprint density at radius 3 is 2.21 bits per heavy atom.